The van der Waals surface area contributed by atoms with Crippen molar-refractivity contribution in [3.63, 3.8) is 0 Å². The maximum atomic E-state index is 12.8. The third kappa shape index (κ3) is 2.63. The first-order chi connectivity index (χ1) is 7.64. The quantitative estimate of drug-likeness (QED) is 0.466. The number of hydrogen-bond donors (Lipinski definition) is 0. The molecule has 0 aromatic carbocycles. The molecule has 0 atom stereocenters. The maximum Gasteiger partial charge on any atom is 0.436 e. The number of pyridine rings is 1. The van der Waals surface area contributed by atoms with Crippen LogP contribution in [0.15, 0.2) is 6.07 Å². The number of nitro groups is 1. The van der Waals surface area contributed by atoms with E-state index in [9.17, 15) is 36.5 Å². The van der Waals surface area contributed by atoms with Crippen LogP contribution in [0.4, 0.5) is 32.0 Å². The van der Waals surface area contributed by atoms with Crippen LogP contribution in [0.1, 0.15) is 17.8 Å². The first kappa shape index (κ1) is 13.2. The molecule has 0 aliphatic heterocycles. The molecular formula is C7H2F6N2O2. The highest BCUT2D eigenvalue weighted by Gasteiger charge is 2.39. The van der Waals surface area contributed by atoms with Gasteiger partial charge in [0.25, 0.3) is 12.1 Å². The monoisotopic (exact) mass is 260 g/mol. The van der Waals surface area contributed by atoms with E-state index in [1.807, 2.05) is 0 Å². The molecule has 0 bridgehead atoms. The van der Waals surface area contributed by atoms with Crippen molar-refractivity contribution in [1.29, 1.82) is 0 Å². The highest BCUT2D eigenvalue weighted by Crippen LogP contribution is 2.35. The van der Waals surface area contributed by atoms with Gasteiger partial charge >= 0.3 is 6.18 Å². The van der Waals surface area contributed by atoms with E-state index in [0.717, 1.165) is 0 Å². The standard InChI is InChI=1S/C7H2F6N2O2/c8-2-1-3(15(16)17)4(6(9)10)14-5(2)7(11,12)13/h1,6H. The normalized spacial score (nSPS) is 11.9. The van der Waals surface area contributed by atoms with Crippen LogP contribution in [0.5, 0.6) is 0 Å². The largest absolute Gasteiger partial charge is 0.436 e. The summed E-state index contributed by atoms with van der Waals surface area (Å²) < 4.78 is 73.6. The minimum absolute atomic E-state index is 0.225. The molecule has 1 rings (SSSR count). The molecule has 0 spiro atoms. The fraction of sp³-hybridized carbons (Fsp3) is 0.286. The highest BCUT2D eigenvalue weighted by atomic mass is 19.4. The van der Waals surface area contributed by atoms with E-state index >= 15 is 0 Å². The van der Waals surface area contributed by atoms with Gasteiger partial charge < -0.3 is 0 Å². The van der Waals surface area contributed by atoms with Crippen molar-refractivity contribution < 1.29 is 31.3 Å². The van der Waals surface area contributed by atoms with Gasteiger partial charge in [0.2, 0.25) is 0 Å². The summed E-state index contributed by atoms with van der Waals surface area (Å²) in [7, 11) is 0. The lowest BCUT2D eigenvalue weighted by Crippen LogP contribution is -2.14. The van der Waals surface area contributed by atoms with Crippen LogP contribution in [-0.4, -0.2) is 9.91 Å². The zero-order valence-corrected chi connectivity index (χ0v) is 7.63. The van der Waals surface area contributed by atoms with Crippen molar-refractivity contribution >= 4 is 5.69 Å². The Balaban J connectivity index is 3.51. The van der Waals surface area contributed by atoms with E-state index in [-0.39, 0.29) is 6.07 Å². The van der Waals surface area contributed by atoms with Crippen LogP contribution < -0.4 is 0 Å². The molecule has 0 fully saturated rings. The molecule has 0 saturated heterocycles. The molecule has 0 aliphatic rings. The van der Waals surface area contributed by atoms with Gasteiger partial charge in [-0.1, -0.05) is 0 Å². The van der Waals surface area contributed by atoms with Crippen LogP contribution in [0, 0.1) is 15.9 Å². The molecule has 0 aliphatic carbocycles. The van der Waals surface area contributed by atoms with Crippen LogP contribution in [-0.2, 0) is 6.18 Å². The Morgan fingerprint density at radius 1 is 1.35 bits per heavy atom. The molecule has 0 unspecified atom stereocenters. The van der Waals surface area contributed by atoms with Crippen LogP contribution >= 0.6 is 0 Å². The second-order valence-electron chi connectivity index (χ2n) is 2.78. The fourth-order valence-electron chi connectivity index (χ4n) is 0.999. The Morgan fingerprint density at radius 2 is 1.88 bits per heavy atom. The van der Waals surface area contributed by atoms with Gasteiger partial charge in [-0.25, -0.2) is 18.2 Å². The fourth-order valence-corrected chi connectivity index (χ4v) is 0.999. The van der Waals surface area contributed by atoms with Crippen molar-refractivity contribution in [3.8, 4) is 0 Å². The lowest BCUT2D eigenvalue weighted by Gasteiger charge is -2.09. The first-order valence-corrected chi connectivity index (χ1v) is 3.84. The summed E-state index contributed by atoms with van der Waals surface area (Å²) in [4.78, 5) is 11.1. The number of hydrogen-bond acceptors (Lipinski definition) is 3. The zero-order valence-electron chi connectivity index (χ0n) is 7.63. The van der Waals surface area contributed by atoms with Gasteiger partial charge in [-0.05, 0) is 0 Å². The maximum absolute atomic E-state index is 12.8. The lowest BCUT2D eigenvalue weighted by atomic mass is 10.2. The second-order valence-corrected chi connectivity index (χ2v) is 2.78. The first-order valence-electron chi connectivity index (χ1n) is 3.84. The Kier molecular flexibility index (Phi) is 3.25. The third-order valence-electron chi connectivity index (χ3n) is 1.66. The molecule has 0 N–H and O–H groups in total. The minimum atomic E-state index is -5.30. The molecule has 0 saturated carbocycles. The Morgan fingerprint density at radius 3 is 2.24 bits per heavy atom. The molecule has 4 nitrogen and oxygen atoms in total. The predicted molar refractivity (Wildman–Crippen MR) is 40.8 cm³/mol. The number of rotatable bonds is 2. The molecule has 0 radical (unpaired) electrons. The van der Waals surface area contributed by atoms with E-state index in [0.29, 0.717) is 0 Å². The van der Waals surface area contributed by atoms with E-state index in [1.165, 1.54) is 0 Å². The summed E-state index contributed by atoms with van der Waals surface area (Å²) >= 11 is 0. The van der Waals surface area contributed by atoms with Crippen molar-refractivity contribution in [2.24, 2.45) is 0 Å². The summed E-state index contributed by atoms with van der Waals surface area (Å²) in [5.74, 6) is -2.08. The van der Waals surface area contributed by atoms with Crippen molar-refractivity contribution in [3.05, 3.63) is 33.4 Å². The predicted octanol–water partition coefficient (Wildman–Crippen LogP) is 3.09. The van der Waals surface area contributed by atoms with Gasteiger partial charge in [-0.15, -0.1) is 0 Å². The number of aromatic nitrogens is 1. The van der Waals surface area contributed by atoms with Gasteiger partial charge in [0, 0.05) is 0 Å². The Hall–Kier alpha value is -1.87. The third-order valence-corrected chi connectivity index (χ3v) is 1.66. The Labute approximate surface area is 89.0 Å². The van der Waals surface area contributed by atoms with Crippen molar-refractivity contribution in [2.45, 2.75) is 12.6 Å². The average molecular weight is 260 g/mol. The summed E-state index contributed by atoms with van der Waals surface area (Å²) in [6.45, 7) is 0. The van der Waals surface area contributed by atoms with E-state index in [4.69, 9.17) is 0 Å². The van der Waals surface area contributed by atoms with E-state index in [2.05, 4.69) is 4.98 Å². The highest BCUT2D eigenvalue weighted by molar-refractivity contribution is 5.38. The summed E-state index contributed by atoms with van der Waals surface area (Å²) in [5, 5.41) is 10.2. The van der Waals surface area contributed by atoms with Gasteiger partial charge in [-0.3, -0.25) is 10.1 Å². The molecular weight excluding hydrogens is 258 g/mol. The van der Waals surface area contributed by atoms with Crippen LogP contribution in [0.3, 0.4) is 0 Å². The van der Waals surface area contributed by atoms with Gasteiger partial charge in [0.15, 0.2) is 17.2 Å². The van der Waals surface area contributed by atoms with Crippen LogP contribution in [0.2, 0.25) is 0 Å². The van der Waals surface area contributed by atoms with Crippen LogP contribution in [0.25, 0.3) is 0 Å². The number of nitrogens with zero attached hydrogens (tertiary/aromatic N) is 2. The summed E-state index contributed by atoms with van der Waals surface area (Å²) in [6.07, 6.45) is -8.92. The molecule has 1 heterocycles. The van der Waals surface area contributed by atoms with Gasteiger partial charge in [0.1, 0.15) is 0 Å². The van der Waals surface area contributed by atoms with E-state index in [1.54, 1.807) is 0 Å². The summed E-state index contributed by atoms with van der Waals surface area (Å²) in [5.41, 5.74) is -5.42. The van der Waals surface area contributed by atoms with Crippen molar-refractivity contribution in [2.75, 3.05) is 0 Å². The second kappa shape index (κ2) is 4.18. The molecule has 17 heavy (non-hydrogen) atoms. The summed E-state index contributed by atoms with van der Waals surface area (Å²) in [6, 6.07) is -0.225. The number of halogens is 6. The molecule has 1 aromatic rings. The van der Waals surface area contributed by atoms with E-state index < -0.39 is 40.4 Å². The topological polar surface area (TPSA) is 56.0 Å². The molecule has 0 amide bonds. The lowest BCUT2D eigenvalue weighted by molar-refractivity contribution is -0.386. The van der Waals surface area contributed by atoms with Gasteiger partial charge in [-0.2, -0.15) is 13.2 Å². The molecule has 94 valence electrons. The SMILES string of the molecule is O=[N+]([O-])c1cc(F)c(C(F)(F)F)nc1C(F)F. The smallest absolute Gasteiger partial charge is 0.258 e. The zero-order chi connectivity index (χ0) is 13.4. The van der Waals surface area contributed by atoms with Crippen molar-refractivity contribution in [1.82, 2.24) is 4.98 Å². The minimum Gasteiger partial charge on any atom is -0.258 e. The number of alkyl halides is 5. The van der Waals surface area contributed by atoms with Gasteiger partial charge in [0.05, 0.1) is 11.0 Å². The Bertz CT molecular complexity index is 458. The molecule has 10 heteroatoms. The molecule has 1 aromatic heterocycles. The average Bonchev–Trinajstić information content (AvgIpc) is 2.14.